The first-order valence-electron chi connectivity index (χ1n) is 8.73. The number of ether oxygens (including phenoxy) is 1. The number of quaternary nitrogens is 1. The predicted octanol–water partition coefficient (Wildman–Crippen LogP) is 3.80. The van der Waals surface area contributed by atoms with Gasteiger partial charge in [-0.05, 0) is 47.3 Å². The normalized spacial score (nSPS) is 24.2. The Labute approximate surface area is 146 Å². The van der Waals surface area contributed by atoms with Gasteiger partial charge in [0.05, 0.1) is 26.8 Å². The van der Waals surface area contributed by atoms with Crippen LogP contribution in [0.1, 0.15) is 31.9 Å². The second kappa shape index (κ2) is 5.87. The smallest absolute Gasteiger partial charge is 0.182 e. The molecule has 0 bridgehead atoms. The first kappa shape index (κ1) is 15.6. The quantitative estimate of drug-likeness (QED) is 0.584. The van der Waals surface area contributed by atoms with Crippen LogP contribution < -0.4 is 4.48 Å². The van der Waals surface area contributed by atoms with Crippen LogP contribution in [0.3, 0.4) is 0 Å². The number of halogens is 1. The van der Waals surface area contributed by atoms with E-state index < -0.39 is 0 Å². The van der Waals surface area contributed by atoms with Crippen molar-refractivity contribution in [3.8, 4) is 0 Å². The van der Waals surface area contributed by atoms with Gasteiger partial charge < -0.3 is 4.74 Å². The molecule has 2 aromatic heterocycles. The number of aromatic nitrogens is 2. The van der Waals surface area contributed by atoms with Gasteiger partial charge in [-0.1, -0.05) is 13.0 Å². The first-order valence-corrected chi connectivity index (χ1v) is 9.52. The number of likely N-dealkylation sites (N-methyl/N-ethyl adjacent to an activating group) is 1. The SMILES string of the molecule is CCc1nn2c(Br)cccc2c1[N+](C)(CC1CC1)C1CCOC1. The average molecular weight is 379 g/mol. The van der Waals surface area contributed by atoms with Crippen molar-refractivity contribution in [3.63, 3.8) is 0 Å². The molecule has 0 N–H and O–H groups in total. The van der Waals surface area contributed by atoms with Gasteiger partial charge in [0, 0.05) is 12.3 Å². The third kappa shape index (κ3) is 2.63. The number of fused-ring (bicyclic) bond motifs is 1. The van der Waals surface area contributed by atoms with Crippen LogP contribution in [0.2, 0.25) is 0 Å². The number of rotatable bonds is 5. The highest BCUT2D eigenvalue weighted by atomic mass is 79.9. The Bertz CT molecular complexity index is 718. The fraction of sp³-hybridized carbons (Fsp3) is 0.611. The number of hydrogen-bond acceptors (Lipinski definition) is 2. The van der Waals surface area contributed by atoms with E-state index in [1.165, 1.54) is 36.3 Å². The van der Waals surface area contributed by atoms with Gasteiger partial charge in [0.1, 0.15) is 21.9 Å². The van der Waals surface area contributed by atoms with E-state index in [0.29, 0.717) is 6.04 Å². The van der Waals surface area contributed by atoms with Crippen LogP contribution in [-0.4, -0.2) is 42.5 Å². The molecule has 1 saturated carbocycles. The van der Waals surface area contributed by atoms with Crippen LogP contribution in [0.15, 0.2) is 22.8 Å². The van der Waals surface area contributed by atoms with E-state index in [-0.39, 0.29) is 0 Å². The Balaban J connectivity index is 1.90. The summed E-state index contributed by atoms with van der Waals surface area (Å²) >= 11 is 3.66. The Hall–Kier alpha value is -0.910. The summed E-state index contributed by atoms with van der Waals surface area (Å²) < 4.78 is 9.83. The summed E-state index contributed by atoms with van der Waals surface area (Å²) in [5.74, 6) is 0.868. The van der Waals surface area contributed by atoms with Crippen molar-refractivity contribution >= 4 is 27.1 Å². The standard InChI is InChI=1S/C18H25BrN3O/c1-3-15-18(16-5-4-6-17(19)21(16)20-15)22(2,11-13-7-8-13)14-9-10-23-12-14/h4-6,13-14H,3,7-12H2,1-2H3/q+1. The molecule has 2 unspecified atom stereocenters. The van der Waals surface area contributed by atoms with Crippen LogP contribution >= 0.6 is 15.9 Å². The molecular weight excluding hydrogens is 354 g/mol. The number of pyridine rings is 1. The summed E-state index contributed by atoms with van der Waals surface area (Å²) in [7, 11) is 2.41. The minimum Gasteiger partial charge on any atom is -0.375 e. The lowest BCUT2D eigenvalue weighted by molar-refractivity contribution is 0.158. The van der Waals surface area contributed by atoms with E-state index in [4.69, 9.17) is 9.84 Å². The van der Waals surface area contributed by atoms with Crippen LogP contribution in [0.5, 0.6) is 0 Å². The van der Waals surface area contributed by atoms with E-state index in [9.17, 15) is 0 Å². The molecular formula is C18H25BrN3O+. The highest BCUT2D eigenvalue weighted by Gasteiger charge is 2.45. The summed E-state index contributed by atoms with van der Waals surface area (Å²) in [6.07, 6.45) is 4.88. The third-order valence-corrected chi connectivity index (χ3v) is 6.15. The Morgan fingerprint density at radius 1 is 1.35 bits per heavy atom. The van der Waals surface area contributed by atoms with E-state index >= 15 is 0 Å². The van der Waals surface area contributed by atoms with Gasteiger partial charge in [0.15, 0.2) is 5.69 Å². The number of hydrogen-bond donors (Lipinski definition) is 0. The zero-order chi connectivity index (χ0) is 16.0. The van der Waals surface area contributed by atoms with Gasteiger partial charge in [-0.15, -0.1) is 0 Å². The van der Waals surface area contributed by atoms with E-state index in [2.05, 4.69) is 52.6 Å². The Morgan fingerprint density at radius 3 is 2.83 bits per heavy atom. The van der Waals surface area contributed by atoms with Crippen LogP contribution in [0, 0.1) is 5.92 Å². The Kier molecular flexibility index (Phi) is 3.98. The summed E-state index contributed by atoms with van der Waals surface area (Å²) in [6.45, 7) is 5.20. The lowest BCUT2D eigenvalue weighted by atomic mass is 10.1. The van der Waals surface area contributed by atoms with Crippen LogP contribution in [0.25, 0.3) is 5.52 Å². The molecule has 1 aliphatic carbocycles. The van der Waals surface area contributed by atoms with Gasteiger partial charge in [0.2, 0.25) is 0 Å². The fourth-order valence-corrected chi connectivity index (χ4v) is 4.52. The van der Waals surface area contributed by atoms with Crippen molar-refractivity contribution in [2.45, 2.75) is 38.6 Å². The summed E-state index contributed by atoms with van der Waals surface area (Å²) in [5, 5.41) is 4.91. The molecule has 124 valence electrons. The molecule has 3 heterocycles. The van der Waals surface area contributed by atoms with E-state index in [1.807, 2.05) is 0 Å². The molecule has 0 radical (unpaired) electrons. The van der Waals surface area contributed by atoms with Crippen molar-refractivity contribution in [3.05, 3.63) is 28.5 Å². The van der Waals surface area contributed by atoms with Crippen LogP contribution in [0.4, 0.5) is 5.69 Å². The topological polar surface area (TPSA) is 26.5 Å². The molecule has 23 heavy (non-hydrogen) atoms. The lowest BCUT2D eigenvalue weighted by Crippen LogP contribution is -2.55. The monoisotopic (exact) mass is 378 g/mol. The average Bonchev–Trinajstić information content (AvgIpc) is 3.06. The van der Waals surface area contributed by atoms with Crippen molar-refractivity contribution in [1.29, 1.82) is 0 Å². The summed E-state index contributed by atoms with van der Waals surface area (Å²) in [4.78, 5) is 0. The van der Waals surface area contributed by atoms with Gasteiger partial charge in [-0.2, -0.15) is 5.10 Å². The predicted molar refractivity (Wildman–Crippen MR) is 96.8 cm³/mol. The van der Waals surface area contributed by atoms with Gasteiger partial charge in [-0.3, -0.25) is 4.48 Å². The lowest BCUT2D eigenvalue weighted by Gasteiger charge is -2.39. The minimum atomic E-state index is 0.549. The van der Waals surface area contributed by atoms with Crippen molar-refractivity contribution in [2.24, 2.45) is 5.92 Å². The highest BCUT2D eigenvalue weighted by Crippen LogP contribution is 2.41. The third-order valence-electron chi connectivity index (χ3n) is 5.55. The molecule has 0 aromatic carbocycles. The van der Waals surface area contributed by atoms with Crippen molar-refractivity contribution < 1.29 is 4.74 Å². The zero-order valence-corrected chi connectivity index (χ0v) is 15.6. The molecule has 0 amide bonds. The Morgan fingerprint density at radius 2 is 2.17 bits per heavy atom. The highest BCUT2D eigenvalue weighted by molar-refractivity contribution is 9.10. The maximum absolute atomic E-state index is 5.76. The summed E-state index contributed by atoms with van der Waals surface area (Å²) in [6, 6.07) is 6.95. The zero-order valence-electron chi connectivity index (χ0n) is 14.0. The van der Waals surface area contributed by atoms with Crippen LogP contribution in [-0.2, 0) is 11.2 Å². The van der Waals surface area contributed by atoms with Crippen molar-refractivity contribution in [2.75, 3.05) is 26.8 Å². The van der Waals surface area contributed by atoms with E-state index in [0.717, 1.165) is 41.1 Å². The molecule has 2 atom stereocenters. The second-order valence-corrected chi connectivity index (χ2v) is 8.02. The fourth-order valence-electron chi connectivity index (χ4n) is 4.10. The molecule has 1 aliphatic heterocycles. The van der Waals surface area contributed by atoms with Crippen molar-refractivity contribution in [1.82, 2.24) is 14.1 Å². The molecule has 2 aromatic rings. The molecule has 2 fully saturated rings. The van der Waals surface area contributed by atoms with Gasteiger partial charge in [-0.25, -0.2) is 4.52 Å². The molecule has 0 spiro atoms. The molecule has 1 saturated heterocycles. The second-order valence-electron chi connectivity index (χ2n) is 7.21. The summed E-state index contributed by atoms with van der Waals surface area (Å²) in [5.41, 5.74) is 3.88. The molecule has 4 nitrogen and oxygen atoms in total. The van der Waals surface area contributed by atoms with Gasteiger partial charge >= 0.3 is 0 Å². The van der Waals surface area contributed by atoms with E-state index in [1.54, 1.807) is 0 Å². The van der Waals surface area contributed by atoms with Gasteiger partial charge in [0.25, 0.3) is 0 Å². The minimum absolute atomic E-state index is 0.549. The number of aryl methyl sites for hydroxylation is 1. The molecule has 5 heteroatoms. The molecule has 2 aliphatic rings. The number of nitrogens with zero attached hydrogens (tertiary/aromatic N) is 3. The largest absolute Gasteiger partial charge is 0.375 e. The first-order chi connectivity index (χ1) is 11.1. The molecule has 4 rings (SSSR count). The maximum atomic E-state index is 5.76. The maximum Gasteiger partial charge on any atom is 0.182 e.